The zero-order valence-electron chi connectivity index (χ0n) is 14.1. The van der Waals surface area contributed by atoms with Gasteiger partial charge in [0.2, 0.25) is 0 Å². The Bertz CT molecular complexity index is 864. The maximum absolute atomic E-state index is 12.2. The molecule has 1 atom stereocenters. The second kappa shape index (κ2) is 6.79. The first-order valence-electron chi connectivity index (χ1n) is 7.97. The van der Waals surface area contributed by atoms with Crippen LogP contribution in [0, 0.1) is 6.92 Å². The SMILES string of the molecule is Cc1ccc(NC(=O)c2cnc(N(C)C3CCS(=O)(=O)C3)cn2)cc1. The number of amides is 1. The van der Waals surface area contributed by atoms with Crippen molar-refractivity contribution in [2.75, 3.05) is 28.8 Å². The molecule has 0 spiro atoms. The van der Waals surface area contributed by atoms with Crippen LogP contribution in [0.1, 0.15) is 22.5 Å². The molecule has 1 unspecified atom stereocenters. The molecule has 2 aromatic rings. The molecule has 0 radical (unpaired) electrons. The summed E-state index contributed by atoms with van der Waals surface area (Å²) in [5, 5.41) is 2.77. The fraction of sp³-hybridized carbons (Fsp3) is 0.353. The predicted molar refractivity (Wildman–Crippen MR) is 96.6 cm³/mol. The summed E-state index contributed by atoms with van der Waals surface area (Å²) in [6, 6.07) is 7.36. The van der Waals surface area contributed by atoms with Gasteiger partial charge in [0.15, 0.2) is 9.84 Å². The number of rotatable bonds is 4. The average molecular weight is 360 g/mol. The Morgan fingerprint density at radius 3 is 2.48 bits per heavy atom. The molecule has 2 heterocycles. The number of benzene rings is 1. The van der Waals surface area contributed by atoms with Gasteiger partial charge < -0.3 is 10.2 Å². The Morgan fingerprint density at radius 1 is 1.20 bits per heavy atom. The van der Waals surface area contributed by atoms with E-state index in [1.54, 1.807) is 11.9 Å². The van der Waals surface area contributed by atoms with Crippen molar-refractivity contribution < 1.29 is 13.2 Å². The Balaban J connectivity index is 1.67. The summed E-state index contributed by atoms with van der Waals surface area (Å²) in [5.41, 5.74) is 2.01. The van der Waals surface area contributed by atoms with Gasteiger partial charge >= 0.3 is 0 Å². The van der Waals surface area contributed by atoms with Crippen molar-refractivity contribution in [2.45, 2.75) is 19.4 Å². The number of hydrogen-bond donors (Lipinski definition) is 1. The molecule has 3 rings (SSSR count). The molecule has 7 nitrogen and oxygen atoms in total. The molecule has 1 aliphatic rings. The van der Waals surface area contributed by atoms with Crippen molar-refractivity contribution in [1.29, 1.82) is 0 Å². The molecule has 1 aromatic carbocycles. The monoisotopic (exact) mass is 360 g/mol. The lowest BCUT2D eigenvalue weighted by Crippen LogP contribution is -2.33. The molecule has 1 N–H and O–H groups in total. The zero-order chi connectivity index (χ0) is 18.0. The third-order valence-electron chi connectivity index (χ3n) is 4.30. The first-order chi connectivity index (χ1) is 11.8. The Hall–Kier alpha value is -2.48. The molecular formula is C17H20N4O3S. The maximum atomic E-state index is 12.2. The van der Waals surface area contributed by atoms with Crippen molar-refractivity contribution >= 4 is 27.2 Å². The average Bonchev–Trinajstić information content (AvgIpc) is 2.96. The van der Waals surface area contributed by atoms with Gasteiger partial charge in [0.05, 0.1) is 23.9 Å². The van der Waals surface area contributed by atoms with Crippen molar-refractivity contribution in [1.82, 2.24) is 9.97 Å². The van der Waals surface area contributed by atoms with Crippen LogP contribution in [0.3, 0.4) is 0 Å². The number of aromatic nitrogens is 2. The molecular weight excluding hydrogens is 340 g/mol. The van der Waals surface area contributed by atoms with E-state index < -0.39 is 9.84 Å². The number of nitrogens with zero attached hydrogens (tertiary/aromatic N) is 3. The quantitative estimate of drug-likeness (QED) is 0.891. The standard InChI is InChI=1S/C17H20N4O3S/c1-12-3-5-13(6-4-12)20-17(22)15-9-19-16(10-18-15)21(2)14-7-8-25(23,24)11-14/h3-6,9-10,14H,7-8,11H2,1-2H3,(H,20,22). The minimum absolute atomic E-state index is 0.105. The van der Waals surface area contributed by atoms with Crippen LogP contribution < -0.4 is 10.2 Å². The zero-order valence-corrected chi connectivity index (χ0v) is 15.0. The Kier molecular flexibility index (Phi) is 4.71. The van der Waals surface area contributed by atoms with Gasteiger partial charge in [0.25, 0.3) is 5.91 Å². The van der Waals surface area contributed by atoms with Crippen LogP contribution in [0.2, 0.25) is 0 Å². The molecule has 1 amide bonds. The van der Waals surface area contributed by atoms with Crippen molar-refractivity contribution in [3.05, 3.63) is 47.9 Å². The number of carbonyl (C=O) groups excluding carboxylic acids is 1. The lowest BCUT2D eigenvalue weighted by molar-refractivity contribution is 0.102. The fourth-order valence-electron chi connectivity index (χ4n) is 2.72. The molecule has 0 aliphatic carbocycles. The highest BCUT2D eigenvalue weighted by molar-refractivity contribution is 7.91. The second-order valence-corrected chi connectivity index (χ2v) is 8.48. The van der Waals surface area contributed by atoms with Crippen molar-refractivity contribution in [3.63, 3.8) is 0 Å². The van der Waals surface area contributed by atoms with Gasteiger partial charge in [-0.3, -0.25) is 4.79 Å². The molecule has 1 saturated heterocycles. The van der Waals surface area contributed by atoms with Crippen LogP contribution in [0.15, 0.2) is 36.7 Å². The summed E-state index contributed by atoms with van der Waals surface area (Å²) in [6.45, 7) is 1.97. The predicted octanol–water partition coefficient (Wildman–Crippen LogP) is 1.66. The lowest BCUT2D eigenvalue weighted by atomic mass is 10.2. The number of carbonyl (C=O) groups is 1. The number of aryl methyl sites for hydroxylation is 1. The molecule has 25 heavy (non-hydrogen) atoms. The van der Waals surface area contributed by atoms with E-state index in [2.05, 4.69) is 15.3 Å². The van der Waals surface area contributed by atoms with Gasteiger partial charge in [0, 0.05) is 18.8 Å². The highest BCUT2D eigenvalue weighted by Gasteiger charge is 2.31. The summed E-state index contributed by atoms with van der Waals surface area (Å²) < 4.78 is 23.2. The van der Waals surface area contributed by atoms with E-state index in [9.17, 15) is 13.2 Å². The highest BCUT2D eigenvalue weighted by atomic mass is 32.2. The number of nitrogens with one attached hydrogen (secondary N) is 1. The van der Waals surface area contributed by atoms with Gasteiger partial charge in [-0.25, -0.2) is 18.4 Å². The topological polar surface area (TPSA) is 92.3 Å². The second-order valence-electron chi connectivity index (χ2n) is 6.25. The number of anilines is 2. The molecule has 8 heteroatoms. The Morgan fingerprint density at radius 2 is 1.92 bits per heavy atom. The largest absolute Gasteiger partial charge is 0.354 e. The third kappa shape index (κ3) is 4.14. The molecule has 1 aliphatic heterocycles. The summed E-state index contributed by atoms with van der Waals surface area (Å²) in [6.07, 6.45) is 3.48. The summed E-state index contributed by atoms with van der Waals surface area (Å²) in [4.78, 5) is 22.4. The minimum Gasteiger partial charge on any atom is -0.354 e. The van der Waals surface area contributed by atoms with E-state index >= 15 is 0 Å². The van der Waals surface area contributed by atoms with Crippen LogP contribution >= 0.6 is 0 Å². The molecule has 0 bridgehead atoms. The molecule has 1 aromatic heterocycles. The van der Waals surface area contributed by atoms with E-state index in [0.717, 1.165) is 5.56 Å². The number of hydrogen-bond acceptors (Lipinski definition) is 6. The maximum Gasteiger partial charge on any atom is 0.275 e. The van der Waals surface area contributed by atoms with Crippen LogP contribution in [-0.2, 0) is 9.84 Å². The van der Waals surface area contributed by atoms with E-state index in [4.69, 9.17) is 0 Å². The van der Waals surface area contributed by atoms with E-state index in [1.165, 1.54) is 12.4 Å². The first-order valence-corrected chi connectivity index (χ1v) is 9.79. The Labute approximate surface area is 147 Å². The minimum atomic E-state index is -2.96. The van der Waals surface area contributed by atoms with Gasteiger partial charge in [-0.15, -0.1) is 0 Å². The van der Waals surface area contributed by atoms with Crippen LogP contribution in [-0.4, -0.2) is 48.9 Å². The smallest absolute Gasteiger partial charge is 0.275 e. The summed E-state index contributed by atoms with van der Waals surface area (Å²) >= 11 is 0. The summed E-state index contributed by atoms with van der Waals surface area (Å²) in [7, 11) is -1.17. The van der Waals surface area contributed by atoms with Gasteiger partial charge in [-0.05, 0) is 25.5 Å². The highest BCUT2D eigenvalue weighted by Crippen LogP contribution is 2.21. The van der Waals surface area contributed by atoms with E-state index in [1.807, 2.05) is 31.2 Å². The lowest BCUT2D eigenvalue weighted by Gasteiger charge is -2.23. The molecule has 132 valence electrons. The van der Waals surface area contributed by atoms with Gasteiger partial charge in [-0.2, -0.15) is 0 Å². The number of sulfone groups is 1. The van der Waals surface area contributed by atoms with Gasteiger partial charge in [-0.1, -0.05) is 17.7 Å². The fourth-order valence-corrected chi connectivity index (χ4v) is 4.49. The van der Waals surface area contributed by atoms with Gasteiger partial charge in [0.1, 0.15) is 11.5 Å². The third-order valence-corrected chi connectivity index (χ3v) is 6.05. The van der Waals surface area contributed by atoms with Crippen molar-refractivity contribution in [3.8, 4) is 0 Å². The summed E-state index contributed by atoms with van der Waals surface area (Å²) in [5.74, 6) is 0.538. The molecule has 1 fully saturated rings. The van der Waals surface area contributed by atoms with Crippen LogP contribution in [0.25, 0.3) is 0 Å². The van der Waals surface area contributed by atoms with E-state index in [-0.39, 0.29) is 29.1 Å². The normalized spacial score (nSPS) is 18.7. The van der Waals surface area contributed by atoms with Crippen LogP contribution in [0.4, 0.5) is 11.5 Å². The van der Waals surface area contributed by atoms with E-state index in [0.29, 0.717) is 17.9 Å². The first kappa shape index (κ1) is 17.3. The van der Waals surface area contributed by atoms with Crippen LogP contribution in [0.5, 0.6) is 0 Å². The molecule has 0 saturated carbocycles. The van der Waals surface area contributed by atoms with Crippen molar-refractivity contribution in [2.24, 2.45) is 0 Å².